The fourth-order valence-electron chi connectivity index (χ4n) is 4.23. The molecular weight excluding hydrogens is 450 g/mol. The van der Waals surface area contributed by atoms with Crippen LogP contribution in [0.3, 0.4) is 0 Å². The van der Waals surface area contributed by atoms with Gasteiger partial charge in [-0.15, -0.1) is 0 Å². The summed E-state index contributed by atoms with van der Waals surface area (Å²) in [5.41, 5.74) is 4.44. The second kappa shape index (κ2) is 10.3. The number of halogens is 1. The lowest BCUT2D eigenvalue weighted by Crippen LogP contribution is -2.51. The highest BCUT2D eigenvalue weighted by Crippen LogP contribution is 2.24. The molecule has 34 heavy (non-hydrogen) atoms. The number of amides is 2. The van der Waals surface area contributed by atoms with Gasteiger partial charge in [-0.1, -0.05) is 49.2 Å². The highest BCUT2D eigenvalue weighted by molar-refractivity contribution is 6.30. The second-order valence-electron chi connectivity index (χ2n) is 8.88. The molecule has 0 atom stereocenters. The monoisotopic (exact) mass is 479 g/mol. The van der Waals surface area contributed by atoms with E-state index in [-0.39, 0.29) is 24.3 Å². The van der Waals surface area contributed by atoms with E-state index in [0.29, 0.717) is 23.7 Å². The Hall–Kier alpha value is -3.32. The lowest BCUT2D eigenvalue weighted by atomic mass is 10.0. The third-order valence-electron chi connectivity index (χ3n) is 6.08. The summed E-state index contributed by atoms with van der Waals surface area (Å²) in [6, 6.07) is 15.7. The average Bonchev–Trinajstić information content (AvgIpc) is 3.28. The third kappa shape index (κ3) is 5.25. The van der Waals surface area contributed by atoms with E-state index in [1.807, 2.05) is 69.3 Å². The third-order valence-corrected chi connectivity index (χ3v) is 6.32. The van der Waals surface area contributed by atoms with Gasteiger partial charge >= 0.3 is 0 Å². The summed E-state index contributed by atoms with van der Waals surface area (Å²) in [7, 11) is 0. The number of nitrogens with zero attached hydrogens (tertiary/aromatic N) is 4. The molecule has 2 heterocycles. The smallest absolute Gasteiger partial charge is 0.255 e. The molecule has 8 heteroatoms. The fourth-order valence-corrected chi connectivity index (χ4v) is 4.41. The van der Waals surface area contributed by atoms with Gasteiger partial charge in [-0.3, -0.25) is 9.59 Å². The zero-order valence-corrected chi connectivity index (χ0v) is 20.5. The first-order chi connectivity index (χ1) is 16.3. The Balaban J connectivity index is 1.36. The van der Waals surface area contributed by atoms with Gasteiger partial charge < -0.3 is 15.1 Å². The van der Waals surface area contributed by atoms with Crippen LogP contribution in [-0.4, -0.2) is 59.2 Å². The standard InChI is InChI=1S/C26H30ClN5O2/c1-18(2)25-23(16-29-32(25)21-9-7-19(3)8-10-21)26(34)28-17-24(33)31-13-11-30(12-14-31)22-6-4-5-20(27)15-22/h4-10,15-16,18H,11-14,17H2,1-3H3,(H,28,34). The van der Waals surface area contributed by atoms with E-state index in [4.69, 9.17) is 11.6 Å². The van der Waals surface area contributed by atoms with Crippen LogP contribution in [0, 0.1) is 6.92 Å². The van der Waals surface area contributed by atoms with Crippen molar-refractivity contribution in [1.29, 1.82) is 0 Å². The van der Waals surface area contributed by atoms with Crippen molar-refractivity contribution in [2.75, 3.05) is 37.6 Å². The molecular formula is C26H30ClN5O2. The number of nitrogens with one attached hydrogen (secondary N) is 1. The Labute approximate surface area is 205 Å². The first kappa shape index (κ1) is 23.8. The normalized spacial score (nSPS) is 13.9. The van der Waals surface area contributed by atoms with Gasteiger partial charge in [-0.05, 0) is 43.2 Å². The van der Waals surface area contributed by atoms with Gasteiger partial charge in [0.25, 0.3) is 5.91 Å². The molecule has 178 valence electrons. The van der Waals surface area contributed by atoms with E-state index < -0.39 is 0 Å². The van der Waals surface area contributed by atoms with Crippen LogP contribution in [0.15, 0.2) is 54.7 Å². The van der Waals surface area contributed by atoms with Crippen molar-refractivity contribution in [3.63, 3.8) is 0 Å². The van der Waals surface area contributed by atoms with Crippen LogP contribution in [-0.2, 0) is 4.79 Å². The van der Waals surface area contributed by atoms with Crippen LogP contribution in [0.5, 0.6) is 0 Å². The van der Waals surface area contributed by atoms with Crippen LogP contribution in [0.4, 0.5) is 5.69 Å². The number of carbonyl (C=O) groups is 2. The lowest BCUT2D eigenvalue weighted by molar-refractivity contribution is -0.130. The maximum atomic E-state index is 13.0. The minimum atomic E-state index is -0.284. The van der Waals surface area contributed by atoms with Crippen LogP contribution >= 0.6 is 11.6 Å². The highest BCUT2D eigenvalue weighted by Gasteiger charge is 2.24. The molecule has 1 aliphatic heterocycles. The minimum Gasteiger partial charge on any atom is -0.368 e. The largest absolute Gasteiger partial charge is 0.368 e. The van der Waals surface area contributed by atoms with Gasteiger partial charge in [0.15, 0.2) is 0 Å². The molecule has 0 radical (unpaired) electrons. The topological polar surface area (TPSA) is 70.5 Å². The molecule has 1 aliphatic rings. The number of aryl methyl sites for hydroxylation is 1. The SMILES string of the molecule is Cc1ccc(-n2ncc(C(=O)NCC(=O)N3CCN(c4cccc(Cl)c4)CC3)c2C(C)C)cc1. The van der Waals surface area contributed by atoms with Crippen molar-refractivity contribution in [3.8, 4) is 5.69 Å². The number of rotatable bonds is 6. The van der Waals surface area contributed by atoms with Crippen molar-refractivity contribution < 1.29 is 9.59 Å². The molecule has 2 amide bonds. The van der Waals surface area contributed by atoms with Crippen LogP contribution in [0.2, 0.25) is 5.02 Å². The highest BCUT2D eigenvalue weighted by atomic mass is 35.5. The van der Waals surface area contributed by atoms with Gasteiger partial charge in [-0.2, -0.15) is 5.10 Å². The number of anilines is 1. The zero-order chi connectivity index (χ0) is 24.2. The fraction of sp³-hybridized carbons (Fsp3) is 0.346. The molecule has 2 aromatic carbocycles. The summed E-state index contributed by atoms with van der Waals surface area (Å²) in [4.78, 5) is 29.7. The minimum absolute atomic E-state index is 0.0384. The zero-order valence-electron chi connectivity index (χ0n) is 19.8. The Kier molecular flexibility index (Phi) is 7.22. The molecule has 0 aliphatic carbocycles. The van der Waals surface area contributed by atoms with Crippen molar-refractivity contribution in [3.05, 3.63) is 76.6 Å². The first-order valence-corrected chi connectivity index (χ1v) is 11.9. The Bertz CT molecular complexity index is 1160. The quantitative estimate of drug-likeness (QED) is 0.579. The number of aromatic nitrogens is 2. The Morgan fingerprint density at radius 3 is 2.38 bits per heavy atom. The summed E-state index contributed by atoms with van der Waals surface area (Å²) in [6.07, 6.45) is 1.58. The number of carbonyl (C=O) groups excluding carboxylic acids is 2. The predicted molar refractivity (Wildman–Crippen MR) is 135 cm³/mol. The molecule has 1 N–H and O–H groups in total. The van der Waals surface area contributed by atoms with E-state index in [9.17, 15) is 9.59 Å². The summed E-state index contributed by atoms with van der Waals surface area (Å²) < 4.78 is 1.80. The van der Waals surface area contributed by atoms with Crippen molar-refractivity contribution in [2.24, 2.45) is 0 Å². The summed E-state index contributed by atoms with van der Waals surface area (Å²) in [5.74, 6) is -0.288. The summed E-state index contributed by atoms with van der Waals surface area (Å²) in [5, 5.41) is 7.96. The van der Waals surface area contributed by atoms with Crippen LogP contribution < -0.4 is 10.2 Å². The van der Waals surface area contributed by atoms with E-state index in [1.54, 1.807) is 15.8 Å². The molecule has 0 saturated carbocycles. The predicted octanol–water partition coefficient (Wildman–Crippen LogP) is 4.04. The molecule has 0 bridgehead atoms. The van der Waals surface area contributed by atoms with Crippen LogP contribution in [0.25, 0.3) is 5.69 Å². The summed E-state index contributed by atoms with van der Waals surface area (Å²) in [6.45, 7) is 8.70. The number of piperazine rings is 1. The van der Waals surface area contributed by atoms with Gasteiger partial charge in [0.05, 0.1) is 29.7 Å². The van der Waals surface area contributed by atoms with Gasteiger partial charge in [0.1, 0.15) is 0 Å². The number of hydrogen-bond acceptors (Lipinski definition) is 4. The van der Waals surface area contributed by atoms with Crippen molar-refractivity contribution in [1.82, 2.24) is 20.0 Å². The number of benzene rings is 2. The van der Waals surface area contributed by atoms with E-state index >= 15 is 0 Å². The second-order valence-corrected chi connectivity index (χ2v) is 9.31. The van der Waals surface area contributed by atoms with Crippen LogP contribution in [0.1, 0.15) is 41.4 Å². The molecule has 1 aromatic heterocycles. The van der Waals surface area contributed by atoms with Crippen molar-refractivity contribution >= 4 is 29.1 Å². The van der Waals surface area contributed by atoms with Gasteiger partial charge in [0, 0.05) is 36.9 Å². The Morgan fingerprint density at radius 2 is 1.74 bits per heavy atom. The molecule has 1 fully saturated rings. The first-order valence-electron chi connectivity index (χ1n) is 11.5. The van der Waals surface area contributed by atoms with Gasteiger partial charge in [0.2, 0.25) is 5.91 Å². The van der Waals surface area contributed by atoms with E-state index in [1.165, 1.54) is 0 Å². The van der Waals surface area contributed by atoms with Gasteiger partial charge in [-0.25, -0.2) is 4.68 Å². The molecule has 0 spiro atoms. The lowest BCUT2D eigenvalue weighted by Gasteiger charge is -2.36. The molecule has 7 nitrogen and oxygen atoms in total. The average molecular weight is 480 g/mol. The molecule has 0 unspecified atom stereocenters. The maximum Gasteiger partial charge on any atom is 0.255 e. The molecule has 1 saturated heterocycles. The Morgan fingerprint density at radius 1 is 1.03 bits per heavy atom. The molecule has 4 rings (SSSR count). The number of hydrogen-bond donors (Lipinski definition) is 1. The van der Waals surface area contributed by atoms with E-state index in [0.717, 1.165) is 35.7 Å². The molecule has 3 aromatic rings. The summed E-state index contributed by atoms with van der Waals surface area (Å²) >= 11 is 6.10. The van der Waals surface area contributed by atoms with Crippen molar-refractivity contribution in [2.45, 2.75) is 26.7 Å². The maximum absolute atomic E-state index is 13.0. The van der Waals surface area contributed by atoms with E-state index in [2.05, 4.69) is 15.3 Å².